The van der Waals surface area contributed by atoms with Gasteiger partial charge in [-0.3, -0.25) is 20.6 Å². The summed E-state index contributed by atoms with van der Waals surface area (Å²) in [6.07, 6.45) is 3.02. The highest BCUT2D eigenvalue weighted by atomic mass is 19.1. The highest BCUT2D eigenvalue weighted by Gasteiger charge is 2.32. The first kappa shape index (κ1) is 25.4. The zero-order valence-corrected chi connectivity index (χ0v) is 20.4. The lowest BCUT2D eigenvalue weighted by Crippen LogP contribution is -2.54. The zero-order chi connectivity index (χ0) is 26.4. The van der Waals surface area contributed by atoms with Gasteiger partial charge in [0.2, 0.25) is 0 Å². The van der Waals surface area contributed by atoms with Gasteiger partial charge in [-0.2, -0.15) is 5.01 Å². The van der Waals surface area contributed by atoms with Gasteiger partial charge in [0, 0.05) is 35.3 Å². The molecule has 0 saturated heterocycles. The Morgan fingerprint density at radius 2 is 1.89 bits per heavy atom. The molecule has 5 N–H and O–H groups in total. The lowest BCUT2D eigenvalue weighted by Gasteiger charge is -2.31. The molecular formula is C25H27FN8O3. The van der Waals surface area contributed by atoms with Gasteiger partial charge in [-0.25, -0.2) is 14.4 Å². The van der Waals surface area contributed by atoms with Crippen molar-refractivity contribution in [2.75, 3.05) is 30.1 Å². The second kappa shape index (κ2) is 11.3. The molecule has 192 valence electrons. The van der Waals surface area contributed by atoms with Gasteiger partial charge >= 0.3 is 0 Å². The average Bonchev–Trinajstić information content (AvgIpc) is 2.90. The van der Waals surface area contributed by atoms with Crippen LogP contribution in [0.25, 0.3) is 0 Å². The number of carbonyl (C=O) groups is 1. The summed E-state index contributed by atoms with van der Waals surface area (Å²) < 4.78 is 27.0. The highest BCUT2D eigenvalue weighted by Crippen LogP contribution is 2.34. The minimum Gasteiger partial charge on any atom is -0.494 e. The van der Waals surface area contributed by atoms with E-state index in [0.717, 1.165) is 0 Å². The summed E-state index contributed by atoms with van der Waals surface area (Å²) in [5, 5.41) is 12.1. The molecule has 0 aliphatic carbocycles. The maximum atomic E-state index is 15.8. The Kier molecular flexibility index (Phi) is 7.77. The van der Waals surface area contributed by atoms with Crippen molar-refractivity contribution in [2.24, 2.45) is 10.7 Å². The smallest absolute Gasteiger partial charge is 0.270 e. The molecule has 12 heteroatoms. The number of aliphatic imine (C=N–C) groups is 1. The van der Waals surface area contributed by atoms with E-state index >= 15 is 4.39 Å². The van der Waals surface area contributed by atoms with Crippen LogP contribution in [-0.2, 0) is 4.79 Å². The maximum Gasteiger partial charge on any atom is 0.270 e. The van der Waals surface area contributed by atoms with Crippen molar-refractivity contribution >= 4 is 29.2 Å². The Labute approximate surface area is 213 Å². The molecule has 0 spiro atoms. The van der Waals surface area contributed by atoms with Crippen molar-refractivity contribution in [1.29, 1.82) is 5.41 Å². The van der Waals surface area contributed by atoms with Gasteiger partial charge in [-0.05, 0) is 50.2 Å². The van der Waals surface area contributed by atoms with E-state index < -0.39 is 11.9 Å². The molecule has 0 fully saturated rings. The summed E-state index contributed by atoms with van der Waals surface area (Å²) in [6.45, 7) is 4.01. The Morgan fingerprint density at radius 3 is 2.54 bits per heavy atom. The van der Waals surface area contributed by atoms with E-state index in [1.807, 2.05) is 6.92 Å². The monoisotopic (exact) mass is 506 g/mol. The number of aromatic nitrogens is 2. The number of nitrogen functional groups attached to an aromatic ring is 1. The second-order valence-corrected chi connectivity index (χ2v) is 7.85. The fourth-order valence-electron chi connectivity index (χ4n) is 3.68. The van der Waals surface area contributed by atoms with Gasteiger partial charge in [0.05, 0.1) is 13.2 Å². The summed E-state index contributed by atoms with van der Waals surface area (Å²) in [4.78, 5) is 25.3. The lowest BCUT2D eigenvalue weighted by atomic mass is 10.0. The van der Waals surface area contributed by atoms with Crippen LogP contribution in [0.3, 0.4) is 0 Å². The van der Waals surface area contributed by atoms with Crippen molar-refractivity contribution in [2.45, 2.75) is 19.9 Å². The second-order valence-electron chi connectivity index (χ2n) is 7.85. The Balaban J connectivity index is 1.79. The molecule has 2 aromatic carbocycles. The number of hydrogen-bond acceptors (Lipinski definition) is 9. The van der Waals surface area contributed by atoms with Gasteiger partial charge in [0.25, 0.3) is 11.9 Å². The first-order valence-corrected chi connectivity index (χ1v) is 11.6. The van der Waals surface area contributed by atoms with E-state index in [1.54, 1.807) is 43.3 Å². The average molecular weight is 507 g/mol. The van der Waals surface area contributed by atoms with Crippen molar-refractivity contribution < 1.29 is 18.7 Å². The van der Waals surface area contributed by atoms with Crippen LogP contribution in [0.1, 0.15) is 31.0 Å². The number of amides is 1. The molecule has 11 nitrogen and oxygen atoms in total. The van der Waals surface area contributed by atoms with Crippen molar-refractivity contribution in [1.82, 2.24) is 15.4 Å². The number of amidine groups is 2. The number of nitrogens with one attached hydrogen (secondary N) is 3. The van der Waals surface area contributed by atoms with Crippen molar-refractivity contribution in [3.63, 3.8) is 0 Å². The fraction of sp³-hybridized carbons (Fsp3) is 0.240. The van der Waals surface area contributed by atoms with Crippen LogP contribution in [-0.4, -0.2) is 47.3 Å². The predicted octanol–water partition coefficient (Wildman–Crippen LogP) is 2.80. The largest absolute Gasteiger partial charge is 0.494 e. The first-order chi connectivity index (χ1) is 17.9. The van der Waals surface area contributed by atoms with Crippen LogP contribution in [0, 0.1) is 11.2 Å². The number of nitrogens with two attached hydrogens (primary N) is 1. The number of nitrogens with zero attached hydrogens (tertiary/aromatic N) is 4. The Hall–Kier alpha value is -4.74. The number of anilines is 2. The Morgan fingerprint density at radius 1 is 1.19 bits per heavy atom. The third kappa shape index (κ3) is 5.74. The molecule has 1 unspecified atom stereocenters. The van der Waals surface area contributed by atoms with E-state index in [2.05, 4.69) is 25.7 Å². The van der Waals surface area contributed by atoms with Crippen molar-refractivity contribution in [3.8, 4) is 11.5 Å². The quantitative estimate of drug-likeness (QED) is 0.242. The van der Waals surface area contributed by atoms with E-state index in [0.29, 0.717) is 23.6 Å². The standard InChI is InChI=1S/C25H27FN8O3/c1-3-36-17-12-18(21(26)19(13-17)37-4-2)22(32-16-8-6-15(7-9-16)23(27)28)24-31-14-20(35)34(33-24)25-29-10-5-11-30-25/h5-13,22,32H,3-4,14H2,1-2H3,(H3,27,28)(H,31,33). The van der Waals surface area contributed by atoms with Crippen LogP contribution in [0.4, 0.5) is 16.0 Å². The summed E-state index contributed by atoms with van der Waals surface area (Å²) in [5.41, 5.74) is 9.83. The lowest BCUT2D eigenvalue weighted by molar-refractivity contribution is -0.118. The van der Waals surface area contributed by atoms with Gasteiger partial charge in [0.1, 0.15) is 30.0 Å². The van der Waals surface area contributed by atoms with E-state index in [1.165, 1.54) is 23.5 Å². The molecule has 1 amide bonds. The number of hydrazine groups is 1. The fourth-order valence-corrected chi connectivity index (χ4v) is 3.68. The zero-order valence-electron chi connectivity index (χ0n) is 20.4. The van der Waals surface area contributed by atoms with Crippen LogP contribution < -0.4 is 31.0 Å². The first-order valence-electron chi connectivity index (χ1n) is 11.6. The third-order valence-electron chi connectivity index (χ3n) is 5.36. The van der Waals surface area contributed by atoms with Crippen LogP contribution >= 0.6 is 0 Å². The van der Waals surface area contributed by atoms with Crippen LogP contribution in [0.15, 0.2) is 59.9 Å². The van der Waals surface area contributed by atoms with Gasteiger partial charge in [-0.15, -0.1) is 0 Å². The molecule has 0 saturated carbocycles. The molecular weight excluding hydrogens is 479 g/mol. The van der Waals surface area contributed by atoms with E-state index in [9.17, 15) is 4.79 Å². The number of hydrogen-bond donors (Lipinski definition) is 4. The summed E-state index contributed by atoms with van der Waals surface area (Å²) >= 11 is 0. The number of benzene rings is 2. The molecule has 4 rings (SSSR count). The summed E-state index contributed by atoms with van der Waals surface area (Å²) in [6, 6.07) is 10.6. The number of carbonyl (C=O) groups excluding carboxylic acids is 1. The van der Waals surface area contributed by atoms with E-state index in [-0.39, 0.29) is 48.0 Å². The summed E-state index contributed by atoms with van der Waals surface area (Å²) in [7, 11) is 0. The van der Waals surface area contributed by atoms with Gasteiger partial charge in [-0.1, -0.05) is 0 Å². The Bertz CT molecular complexity index is 1300. The molecule has 1 aliphatic heterocycles. The molecule has 1 aromatic heterocycles. The topological polar surface area (TPSA) is 151 Å². The van der Waals surface area contributed by atoms with Gasteiger partial charge < -0.3 is 20.5 Å². The molecule has 3 aromatic rings. The van der Waals surface area contributed by atoms with Crippen molar-refractivity contribution in [3.05, 3.63) is 71.8 Å². The minimum atomic E-state index is -0.901. The summed E-state index contributed by atoms with van der Waals surface area (Å²) in [5.74, 6) is -0.240. The van der Waals surface area contributed by atoms with Gasteiger partial charge in [0.15, 0.2) is 11.6 Å². The molecule has 0 bridgehead atoms. The third-order valence-corrected chi connectivity index (χ3v) is 5.36. The molecule has 0 radical (unpaired) electrons. The number of rotatable bonds is 10. The van der Waals surface area contributed by atoms with E-state index in [4.69, 9.17) is 20.6 Å². The minimum absolute atomic E-state index is 0.0258. The maximum absolute atomic E-state index is 15.8. The molecule has 1 atom stereocenters. The molecule has 2 heterocycles. The SMILES string of the molecule is CCOc1cc(OCC)c(F)c(C(Nc2ccc(C(=N)N)cc2)C2=NCC(=O)N(c3ncccn3)N2)c1. The van der Waals surface area contributed by atoms with Crippen LogP contribution in [0.5, 0.6) is 11.5 Å². The predicted molar refractivity (Wildman–Crippen MR) is 138 cm³/mol. The molecule has 1 aliphatic rings. The number of ether oxygens (including phenoxy) is 2. The van der Waals surface area contributed by atoms with Crippen LogP contribution in [0.2, 0.25) is 0 Å². The highest BCUT2D eigenvalue weighted by molar-refractivity contribution is 6.04. The number of halogens is 1. The normalized spacial score (nSPS) is 13.9. The molecule has 37 heavy (non-hydrogen) atoms.